The van der Waals surface area contributed by atoms with Crippen molar-refractivity contribution >= 4 is 22.6 Å². The summed E-state index contributed by atoms with van der Waals surface area (Å²) in [6, 6.07) is 22.5. The number of carbonyl (C=O) groups excluding carboxylic acids is 1. The summed E-state index contributed by atoms with van der Waals surface area (Å²) in [5, 5.41) is 2.92. The Morgan fingerprint density at radius 2 is 1.82 bits per heavy atom. The van der Waals surface area contributed by atoms with Crippen LogP contribution in [-0.2, 0) is 13.2 Å². The quantitative estimate of drug-likeness (QED) is 0.479. The molecule has 4 rings (SSSR count). The fourth-order valence-corrected chi connectivity index (χ4v) is 2.95. The summed E-state index contributed by atoms with van der Waals surface area (Å²) in [5.41, 5.74) is 9.44. The van der Waals surface area contributed by atoms with E-state index in [1.54, 1.807) is 12.1 Å². The Hall–Kier alpha value is -3.64. The van der Waals surface area contributed by atoms with Gasteiger partial charge in [0.1, 0.15) is 18.2 Å². The van der Waals surface area contributed by atoms with Crippen molar-refractivity contribution in [3.05, 3.63) is 89.7 Å². The number of fused-ring (bicyclic) bond motifs is 1. The molecule has 1 heterocycles. The van der Waals surface area contributed by atoms with E-state index < -0.39 is 0 Å². The maximum atomic E-state index is 12.8. The van der Waals surface area contributed by atoms with Crippen molar-refractivity contribution < 1.29 is 9.53 Å². The highest BCUT2D eigenvalue weighted by atomic mass is 16.5. The summed E-state index contributed by atoms with van der Waals surface area (Å²) in [5.74, 6) is 1.01. The van der Waals surface area contributed by atoms with E-state index in [0.29, 0.717) is 36.0 Å². The van der Waals surface area contributed by atoms with Crippen LogP contribution in [0.1, 0.15) is 21.7 Å². The number of benzene rings is 3. The molecule has 6 heteroatoms. The zero-order valence-electron chi connectivity index (χ0n) is 15.2. The van der Waals surface area contributed by atoms with Crippen molar-refractivity contribution in [3.8, 4) is 5.75 Å². The van der Waals surface area contributed by atoms with E-state index in [4.69, 9.17) is 10.5 Å². The van der Waals surface area contributed by atoms with E-state index in [-0.39, 0.29) is 5.91 Å². The Kier molecular flexibility index (Phi) is 5.03. The Balaban J connectivity index is 1.51. The number of hydrogen-bond acceptors (Lipinski definition) is 4. The number of anilines is 1. The molecule has 140 valence electrons. The number of nitrogens with two attached hydrogens (primary N) is 1. The number of nitrogens with zero attached hydrogens (tertiary/aromatic N) is 1. The number of amides is 1. The molecule has 4 aromatic rings. The number of ether oxygens (including phenoxy) is 1. The predicted molar refractivity (Wildman–Crippen MR) is 109 cm³/mol. The van der Waals surface area contributed by atoms with Crippen LogP contribution in [0, 0.1) is 0 Å². The Bertz CT molecular complexity index is 1110. The Morgan fingerprint density at radius 3 is 2.64 bits per heavy atom. The normalized spacial score (nSPS) is 10.8. The van der Waals surface area contributed by atoms with Gasteiger partial charge in [-0.2, -0.15) is 0 Å². The molecule has 0 saturated carbocycles. The molecule has 6 nitrogen and oxygen atoms in total. The van der Waals surface area contributed by atoms with Crippen LogP contribution >= 0.6 is 0 Å². The highest BCUT2D eigenvalue weighted by Gasteiger charge is 2.13. The zero-order chi connectivity index (χ0) is 19.3. The van der Waals surface area contributed by atoms with Crippen molar-refractivity contribution in [1.29, 1.82) is 0 Å². The van der Waals surface area contributed by atoms with Gasteiger partial charge in [0.05, 0.1) is 23.1 Å². The van der Waals surface area contributed by atoms with Crippen LogP contribution in [0.2, 0.25) is 0 Å². The average molecular weight is 372 g/mol. The van der Waals surface area contributed by atoms with Crippen LogP contribution in [0.15, 0.2) is 72.8 Å². The second-order valence-corrected chi connectivity index (χ2v) is 6.34. The van der Waals surface area contributed by atoms with E-state index in [9.17, 15) is 4.79 Å². The highest BCUT2D eigenvalue weighted by molar-refractivity contribution is 6.06. The van der Waals surface area contributed by atoms with Crippen LogP contribution < -0.4 is 15.8 Å². The van der Waals surface area contributed by atoms with E-state index >= 15 is 0 Å². The molecular weight excluding hydrogens is 352 g/mol. The third kappa shape index (κ3) is 3.87. The van der Waals surface area contributed by atoms with Gasteiger partial charge in [0.2, 0.25) is 0 Å². The molecule has 0 aliphatic carbocycles. The molecule has 0 unspecified atom stereocenters. The lowest BCUT2D eigenvalue weighted by Gasteiger charge is -2.12. The lowest BCUT2D eigenvalue weighted by molar-refractivity contribution is 0.102. The number of aromatic amines is 1. The molecule has 1 aromatic heterocycles. The summed E-state index contributed by atoms with van der Waals surface area (Å²) in [7, 11) is 0. The van der Waals surface area contributed by atoms with Crippen LogP contribution in [0.3, 0.4) is 0 Å². The molecular formula is C22H20N4O2. The summed E-state index contributed by atoms with van der Waals surface area (Å²) >= 11 is 0. The van der Waals surface area contributed by atoms with Gasteiger partial charge in [-0.25, -0.2) is 4.98 Å². The van der Waals surface area contributed by atoms with E-state index in [2.05, 4.69) is 15.3 Å². The molecule has 0 atom stereocenters. The van der Waals surface area contributed by atoms with Gasteiger partial charge in [-0.05, 0) is 35.9 Å². The first-order chi connectivity index (χ1) is 13.7. The van der Waals surface area contributed by atoms with Crippen molar-refractivity contribution in [2.24, 2.45) is 5.73 Å². The third-order valence-corrected chi connectivity index (χ3v) is 4.35. The van der Waals surface area contributed by atoms with Crippen LogP contribution in [0.5, 0.6) is 5.75 Å². The maximum Gasteiger partial charge on any atom is 0.259 e. The summed E-state index contributed by atoms with van der Waals surface area (Å²) in [4.78, 5) is 20.3. The summed E-state index contributed by atoms with van der Waals surface area (Å²) in [6.07, 6.45) is 0. The number of nitrogens with one attached hydrogen (secondary N) is 2. The van der Waals surface area contributed by atoms with Gasteiger partial charge < -0.3 is 20.8 Å². The first-order valence-electron chi connectivity index (χ1n) is 8.99. The highest BCUT2D eigenvalue weighted by Crippen LogP contribution is 2.22. The fourth-order valence-electron chi connectivity index (χ4n) is 2.95. The molecule has 28 heavy (non-hydrogen) atoms. The fraction of sp³-hybridized carbons (Fsp3) is 0.0909. The number of imidazole rings is 1. The number of carbonyl (C=O) groups is 1. The molecule has 0 fully saturated rings. The molecule has 0 spiro atoms. The second-order valence-electron chi connectivity index (χ2n) is 6.34. The summed E-state index contributed by atoms with van der Waals surface area (Å²) in [6.45, 7) is 0.732. The Labute approximate surface area is 162 Å². The van der Waals surface area contributed by atoms with Gasteiger partial charge >= 0.3 is 0 Å². The first kappa shape index (κ1) is 17.8. The largest absolute Gasteiger partial charge is 0.488 e. The predicted octanol–water partition coefficient (Wildman–Crippen LogP) is 3.85. The van der Waals surface area contributed by atoms with E-state index in [1.807, 2.05) is 60.7 Å². The minimum absolute atomic E-state index is 0.235. The van der Waals surface area contributed by atoms with Crippen molar-refractivity contribution in [2.75, 3.05) is 5.32 Å². The second kappa shape index (κ2) is 7.94. The topological polar surface area (TPSA) is 93.0 Å². The SMILES string of the molecule is NCc1nc2ccc(NC(=O)c3ccccc3OCc3ccccc3)cc2[nH]1. The van der Waals surface area contributed by atoms with Crippen molar-refractivity contribution in [2.45, 2.75) is 13.2 Å². The minimum Gasteiger partial charge on any atom is -0.488 e. The average Bonchev–Trinajstić information content (AvgIpc) is 3.16. The van der Waals surface area contributed by atoms with Gasteiger partial charge in [-0.1, -0.05) is 42.5 Å². The van der Waals surface area contributed by atoms with Gasteiger partial charge in [0, 0.05) is 5.69 Å². The van der Waals surface area contributed by atoms with Gasteiger partial charge in [-0.15, -0.1) is 0 Å². The van der Waals surface area contributed by atoms with E-state index in [0.717, 1.165) is 16.6 Å². The lowest BCUT2D eigenvalue weighted by Crippen LogP contribution is -2.13. The zero-order valence-corrected chi connectivity index (χ0v) is 15.2. The number of rotatable bonds is 6. The molecule has 4 N–H and O–H groups in total. The molecule has 1 amide bonds. The molecule has 3 aromatic carbocycles. The maximum absolute atomic E-state index is 12.8. The lowest BCUT2D eigenvalue weighted by atomic mass is 10.1. The molecule has 0 bridgehead atoms. The van der Waals surface area contributed by atoms with Crippen molar-refractivity contribution in [3.63, 3.8) is 0 Å². The molecule has 0 radical (unpaired) electrons. The molecule has 0 saturated heterocycles. The standard InChI is InChI=1S/C22H20N4O2/c23-13-21-25-18-11-10-16(12-19(18)26-21)24-22(27)17-8-4-5-9-20(17)28-14-15-6-2-1-3-7-15/h1-12H,13-14,23H2,(H,24,27)(H,25,26). The van der Waals surface area contributed by atoms with Gasteiger partial charge in [0.25, 0.3) is 5.91 Å². The molecule has 0 aliphatic heterocycles. The third-order valence-electron chi connectivity index (χ3n) is 4.35. The van der Waals surface area contributed by atoms with Crippen LogP contribution in [0.4, 0.5) is 5.69 Å². The molecule has 0 aliphatic rings. The van der Waals surface area contributed by atoms with Gasteiger partial charge in [-0.3, -0.25) is 4.79 Å². The van der Waals surface area contributed by atoms with E-state index in [1.165, 1.54) is 0 Å². The summed E-state index contributed by atoms with van der Waals surface area (Å²) < 4.78 is 5.88. The number of aromatic nitrogens is 2. The Morgan fingerprint density at radius 1 is 1.04 bits per heavy atom. The van der Waals surface area contributed by atoms with Crippen LogP contribution in [-0.4, -0.2) is 15.9 Å². The number of para-hydroxylation sites is 1. The smallest absolute Gasteiger partial charge is 0.259 e. The minimum atomic E-state index is -0.235. The first-order valence-corrected chi connectivity index (χ1v) is 8.99. The number of H-pyrrole nitrogens is 1. The van der Waals surface area contributed by atoms with Gasteiger partial charge in [0.15, 0.2) is 0 Å². The monoisotopic (exact) mass is 372 g/mol. The van der Waals surface area contributed by atoms with Crippen LogP contribution in [0.25, 0.3) is 11.0 Å². The van der Waals surface area contributed by atoms with Crippen molar-refractivity contribution in [1.82, 2.24) is 9.97 Å². The number of hydrogen-bond donors (Lipinski definition) is 3.